The van der Waals surface area contributed by atoms with Crippen molar-refractivity contribution in [2.45, 2.75) is 49.9 Å². The fourth-order valence-electron chi connectivity index (χ4n) is 2.58. The summed E-state index contributed by atoms with van der Waals surface area (Å²) in [4.78, 5) is 11.2. The number of alkyl halides is 5. The van der Waals surface area contributed by atoms with Crippen molar-refractivity contribution in [2.75, 3.05) is 0 Å². The Balaban J connectivity index is 2.17. The molecule has 0 spiro atoms. The molecule has 0 bridgehead atoms. The Morgan fingerprint density at radius 2 is 1.72 bits per heavy atom. The third-order valence-electron chi connectivity index (χ3n) is 3.98. The molecule has 1 saturated carbocycles. The number of aliphatic carboxylic acids is 1. The molecule has 0 amide bonds. The van der Waals surface area contributed by atoms with Crippen molar-refractivity contribution in [2.24, 2.45) is 5.92 Å². The van der Waals surface area contributed by atoms with E-state index in [1.165, 1.54) is 0 Å². The van der Waals surface area contributed by atoms with Gasteiger partial charge in [0.05, 0.1) is 0 Å². The highest BCUT2D eigenvalue weighted by Gasteiger charge is 2.46. The van der Waals surface area contributed by atoms with Gasteiger partial charge in [-0.1, -0.05) is 12.1 Å². The van der Waals surface area contributed by atoms with Gasteiger partial charge in [0, 0.05) is 12.8 Å². The zero-order valence-electron chi connectivity index (χ0n) is 13.0. The first-order valence-corrected chi connectivity index (χ1v) is 7.67. The number of carboxylic acids is 1. The van der Waals surface area contributed by atoms with Crippen LogP contribution in [-0.2, 0) is 4.79 Å². The maximum absolute atomic E-state index is 13.9. The van der Waals surface area contributed by atoms with Crippen LogP contribution in [-0.4, -0.2) is 29.2 Å². The van der Waals surface area contributed by atoms with Crippen molar-refractivity contribution in [1.29, 1.82) is 0 Å². The van der Waals surface area contributed by atoms with Gasteiger partial charge in [-0.05, 0) is 36.5 Å². The summed E-state index contributed by atoms with van der Waals surface area (Å²) in [7, 11) is 0. The Labute approximate surface area is 140 Å². The summed E-state index contributed by atoms with van der Waals surface area (Å²) in [6.45, 7) is 0. The molecule has 1 aliphatic rings. The van der Waals surface area contributed by atoms with Crippen molar-refractivity contribution >= 4 is 5.97 Å². The Bertz CT molecular complexity index is 598. The Morgan fingerprint density at radius 3 is 2.16 bits per heavy atom. The largest absolute Gasteiger partial charge is 0.480 e. The van der Waals surface area contributed by atoms with Gasteiger partial charge in [-0.25, -0.2) is 13.2 Å². The maximum atomic E-state index is 13.9. The molecular weight excluding hydrogens is 352 g/mol. The van der Waals surface area contributed by atoms with E-state index in [1.54, 1.807) is 5.32 Å². The van der Waals surface area contributed by atoms with Gasteiger partial charge in [0.25, 0.3) is 5.92 Å². The Hall–Kier alpha value is -1.77. The topological polar surface area (TPSA) is 49.3 Å². The molecule has 1 fully saturated rings. The van der Waals surface area contributed by atoms with Crippen molar-refractivity contribution in [3.63, 3.8) is 0 Å². The first-order chi connectivity index (χ1) is 11.5. The molecule has 140 valence electrons. The molecule has 0 aliphatic heterocycles. The van der Waals surface area contributed by atoms with E-state index in [1.807, 2.05) is 0 Å². The van der Waals surface area contributed by atoms with Gasteiger partial charge in [-0.3, -0.25) is 10.1 Å². The van der Waals surface area contributed by atoms with Crippen LogP contribution in [0.15, 0.2) is 24.3 Å². The predicted molar refractivity (Wildman–Crippen MR) is 76.7 cm³/mol. The normalized spacial score (nSPS) is 18.0. The van der Waals surface area contributed by atoms with Gasteiger partial charge in [-0.15, -0.1) is 0 Å². The molecule has 2 atom stereocenters. The average Bonchev–Trinajstić information content (AvgIpc) is 3.26. The van der Waals surface area contributed by atoms with Crippen molar-refractivity contribution in [1.82, 2.24) is 5.32 Å². The minimum Gasteiger partial charge on any atom is -0.480 e. The minimum absolute atomic E-state index is 0.208. The van der Waals surface area contributed by atoms with Crippen LogP contribution in [0.4, 0.5) is 26.3 Å². The number of carboxylic acid groups (broad SMARTS) is 1. The van der Waals surface area contributed by atoms with E-state index in [0.29, 0.717) is 12.8 Å². The van der Waals surface area contributed by atoms with E-state index in [9.17, 15) is 31.1 Å². The van der Waals surface area contributed by atoms with E-state index < -0.39 is 54.4 Å². The maximum Gasteiger partial charge on any atom is 0.407 e. The highest BCUT2D eigenvalue weighted by atomic mass is 19.4. The molecule has 1 aromatic rings. The first kappa shape index (κ1) is 19.6. The quantitative estimate of drug-likeness (QED) is 0.672. The molecule has 0 unspecified atom stereocenters. The summed E-state index contributed by atoms with van der Waals surface area (Å²) in [5, 5.41) is 10.8. The van der Waals surface area contributed by atoms with E-state index >= 15 is 0 Å². The number of hydrogen-bond donors (Lipinski definition) is 2. The number of carbonyl (C=O) groups is 1. The lowest BCUT2D eigenvalue weighted by molar-refractivity contribution is -0.166. The second kappa shape index (κ2) is 7.23. The third-order valence-corrected chi connectivity index (χ3v) is 3.98. The predicted octanol–water partition coefficient (Wildman–Crippen LogP) is 4.30. The molecule has 2 rings (SSSR count). The molecule has 0 aromatic heterocycles. The zero-order chi connectivity index (χ0) is 18.8. The average molecular weight is 369 g/mol. The lowest BCUT2D eigenvalue weighted by Crippen LogP contribution is -2.47. The molecule has 3 nitrogen and oxygen atoms in total. The third kappa shape index (κ3) is 5.91. The highest BCUT2D eigenvalue weighted by molar-refractivity contribution is 5.73. The molecule has 2 N–H and O–H groups in total. The molecule has 0 radical (unpaired) electrons. The second-order valence-electron chi connectivity index (χ2n) is 6.29. The van der Waals surface area contributed by atoms with E-state index in [0.717, 1.165) is 24.3 Å². The van der Waals surface area contributed by atoms with Crippen LogP contribution >= 0.6 is 0 Å². The van der Waals surface area contributed by atoms with Crippen LogP contribution < -0.4 is 5.32 Å². The molecule has 25 heavy (non-hydrogen) atoms. The molecule has 1 aliphatic carbocycles. The lowest BCUT2D eigenvalue weighted by atomic mass is 10.00. The zero-order valence-corrected chi connectivity index (χ0v) is 13.0. The summed E-state index contributed by atoms with van der Waals surface area (Å²) in [6.07, 6.45) is -5.49. The molecule has 1 aromatic carbocycles. The number of hydrogen-bond acceptors (Lipinski definition) is 2. The molecule has 0 heterocycles. The van der Waals surface area contributed by atoms with E-state index in [2.05, 4.69) is 0 Å². The van der Waals surface area contributed by atoms with Crippen molar-refractivity contribution in [3.05, 3.63) is 35.6 Å². The fraction of sp³-hybridized carbons (Fsp3) is 0.562. The van der Waals surface area contributed by atoms with Crippen LogP contribution in [0.3, 0.4) is 0 Å². The van der Waals surface area contributed by atoms with Crippen LogP contribution in [0.25, 0.3) is 0 Å². The van der Waals surface area contributed by atoms with E-state index in [-0.39, 0.29) is 5.92 Å². The molecular formula is C16H17F6NO2. The summed E-state index contributed by atoms with van der Waals surface area (Å²) < 4.78 is 80.4. The Morgan fingerprint density at radius 1 is 1.16 bits per heavy atom. The number of nitrogens with one attached hydrogen (secondary N) is 1. The summed E-state index contributed by atoms with van der Waals surface area (Å²) >= 11 is 0. The summed E-state index contributed by atoms with van der Waals surface area (Å²) in [6, 6.07) is -1.35. The summed E-state index contributed by atoms with van der Waals surface area (Å²) in [5.41, 5.74) is -0.453. The Kier molecular flexibility index (Phi) is 5.65. The van der Waals surface area contributed by atoms with Gasteiger partial charge < -0.3 is 5.11 Å². The van der Waals surface area contributed by atoms with Crippen molar-refractivity contribution in [3.8, 4) is 0 Å². The fourth-order valence-corrected chi connectivity index (χ4v) is 2.58. The number of rotatable bonds is 8. The van der Waals surface area contributed by atoms with Crippen LogP contribution in [0.1, 0.15) is 37.3 Å². The second-order valence-corrected chi connectivity index (χ2v) is 6.29. The van der Waals surface area contributed by atoms with Gasteiger partial charge >= 0.3 is 12.1 Å². The SMILES string of the molecule is O=C(O)[C@H](CC(F)(F)CC1CC1)N[C@@H](c1ccc(F)cc1)C(F)(F)F. The number of benzene rings is 1. The summed E-state index contributed by atoms with van der Waals surface area (Å²) in [5.74, 6) is -6.15. The number of halogens is 6. The smallest absolute Gasteiger partial charge is 0.407 e. The molecule has 0 saturated heterocycles. The monoisotopic (exact) mass is 369 g/mol. The van der Waals surface area contributed by atoms with Gasteiger partial charge in [0.15, 0.2) is 0 Å². The lowest BCUT2D eigenvalue weighted by Gasteiger charge is -2.28. The van der Waals surface area contributed by atoms with Crippen LogP contribution in [0, 0.1) is 11.7 Å². The minimum atomic E-state index is -4.93. The van der Waals surface area contributed by atoms with Gasteiger partial charge in [-0.2, -0.15) is 13.2 Å². The van der Waals surface area contributed by atoms with Crippen LogP contribution in [0.2, 0.25) is 0 Å². The van der Waals surface area contributed by atoms with E-state index in [4.69, 9.17) is 5.11 Å². The van der Waals surface area contributed by atoms with Gasteiger partial charge in [0.2, 0.25) is 0 Å². The molecule has 9 heteroatoms. The highest BCUT2D eigenvalue weighted by Crippen LogP contribution is 2.41. The van der Waals surface area contributed by atoms with Gasteiger partial charge in [0.1, 0.15) is 17.9 Å². The van der Waals surface area contributed by atoms with Crippen molar-refractivity contribution < 1.29 is 36.2 Å². The standard InChI is InChI=1S/C16H17F6NO2/c17-11-5-3-10(4-6-11)13(16(20,21)22)23-12(14(24)25)8-15(18,19)7-9-1-2-9/h3-6,9,12-13,23H,1-2,7-8H2,(H,24,25)/t12-,13-/m0/s1. The first-order valence-electron chi connectivity index (χ1n) is 7.67. The van der Waals surface area contributed by atoms with Crippen LogP contribution in [0.5, 0.6) is 0 Å².